The van der Waals surface area contributed by atoms with Crippen LogP contribution in [0.5, 0.6) is 0 Å². The summed E-state index contributed by atoms with van der Waals surface area (Å²) in [7, 11) is 0. The molecular weight excluding hydrogens is 418 g/mol. The second kappa shape index (κ2) is 10.7. The first-order chi connectivity index (χ1) is 15.4. The minimum Gasteiger partial charge on any atom is -0.444 e. The Labute approximate surface area is 195 Å². The minimum atomic E-state index is -1.09. The summed E-state index contributed by atoms with van der Waals surface area (Å²) in [6.45, 7) is 10.4. The first-order valence-corrected chi connectivity index (χ1v) is 10.6. The third-order valence-electron chi connectivity index (χ3n) is 5.04. The van der Waals surface area contributed by atoms with Crippen molar-refractivity contribution in [1.82, 2.24) is 10.2 Å². The Kier molecular flexibility index (Phi) is 8.25. The van der Waals surface area contributed by atoms with E-state index in [2.05, 4.69) is 16.7 Å². The van der Waals surface area contributed by atoms with Crippen molar-refractivity contribution in [3.63, 3.8) is 0 Å². The van der Waals surface area contributed by atoms with Gasteiger partial charge in [0.05, 0.1) is 0 Å². The number of alkyl carbamates (subject to hydrolysis) is 1. The number of para-hydroxylation sites is 1. The van der Waals surface area contributed by atoms with Crippen molar-refractivity contribution < 1.29 is 19.1 Å². The molecule has 0 heterocycles. The van der Waals surface area contributed by atoms with Crippen LogP contribution in [0.15, 0.2) is 42.5 Å². The Bertz CT molecular complexity index is 1080. The number of terminal acetylenes is 1. The quantitative estimate of drug-likeness (QED) is 0.510. The molecule has 0 fully saturated rings. The number of rotatable bonds is 6. The van der Waals surface area contributed by atoms with Gasteiger partial charge in [0.25, 0.3) is 11.8 Å². The number of hydrogen-bond donors (Lipinski definition) is 2. The van der Waals surface area contributed by atoms with Gasteiger partial charge in [-0.25, -0.2) is 4.79 Å². The van der Waals surface area contributed by atoms with Gasteiger partial charge in [-0.2, -0.15) is 0 Å². The average molecular weight is 450 g/mol. The summed E-state index contributed by atoms with van der Waals surface area (Å²) in [4.78, 5) is 39.5. The zero-order chi connectivity index (χ0) is 24.8. The SMILES string of the molecule is C#CN(C(=O)CNC(=O)OC(C)(C)C)C(C(=O)Nc1ccccc1C)c1cccc(C)c1C. The lowest BCUT2D eigenvalue weighted by Crippen LogP contribution is -2.44. The van der Waals surface area contributed by atoms with Crippen LogP contribution in [0.4, 0.5) is 10.5 Å². The molecule has 0 aliphatic carbocycles. The fourth-order valence-corrected chi connectivity index (χ4v) is 3.22. The lowest BCUT2D eigenvalue weighted by atomic mass is 9.95. The number of carbonyl (C=O) groups is 3. The Balaban J connectivity index is 2.36. The van der Waals surface area contributed by atoms with Crippen LogP contribution < -0.4 is 10.6 Å². The number of anilines is 1. The smallest absolute Gasteiger partial charge is 0.408 e. The van der Waals surface area contributed by atoms with Gasteiger partial charge in [-0.1, -0.05) is 42.8 Å². The van der Waals surface area contributed by atoms with Gasteiger partial charge in [0.1, 0.15) is 18.2 Å². The third kappa shape index (κ3) is 6.84. The second-order valence-electron chi connectivity index (χ2n) is 8.74. The van der Waals surface area contributed by atoms with Crippen LogP contribution in [0.3, 0.4) is 0 Å². The predicted molar refractivity (Wildman–Crippen MR) is 128 cm³/mol. The topological polar surface area (TPSA) is 87.7 Å². The van der Waals surface area contributed by atoms with Gasteiger partial charge in [-0.3, -0.25) is 14.5 Å². The zero-order valence-corrected chi connectivity index (χ0v) is 20.0. The van der Waals surface area contributed by atoms with E-state index < -0.39 is 36.1 Å². The molecule has 0 radical (unpaired) electrons. The van der Waals surface area contributed by atoms with E-state index in [1.807, 2.05) is 51.1 Å². The molecule has 0 aliphatic rings. The molecule has 0 spiro atoms. The summed E-state index contributed by atoms with van der Waals surface area (Å²) in [5, 5.41) is 5.28. The van der Waals surface area contributed by atoms with E-state index in [0.717, 1.165) is 21.6 Å². The maximum absolute atomic E-state index is 13.4. The fourth-order valence-electron chi connectivity index (χ4n) is 3.22. The van der Waals surface area contributed by atoms with Crippen molar-refractivity contribution >= 4 is 23.6 Å². The van der Waals surface area contributed by atoms with Crippen LogP contribution in [-0.4, -0.2) is 35.0 Å². The highest BCUT2D eigenvalue weighted by molar-refractivity contribution is 5.99. The van der Waals surface area contributed by atoms with E-state index >= 15 is 0 Å². The number of benzene rings is 2. The summed E-state index contributed by atoms with van der Waals surface area (Å²) in [5.41, 5.74) is 3.18. The largest absolute Gasteiger partial charge is 0.444 e. The van der Waals surface area contributed by atoms with E-state index in [9.17, 15) is 14.4 Å². The molecule has 2 aromatic rings. The van der Waals surface area contributed by atoms with Gasteiger partial charge in [0, 0.05) is 11.7 Å². The van der Waals surface area contributed by atoms with E-state index in [0.29, 0.717) is 11.3 Å². The highest BCUT2D eigenvalue weighted by Crippen LogP contribution is 2.28. The molecule has 2 rings (SSSR count). The van der Waals surface area contributed by atoms with Crippen molar-refractivity contribution in [2.45, 2.75) is 53.2 Å². The van der Waals surface area contributed by atoms with Crippen molar-refractivity contribution in [1.29, 1.82) is 0 Å². The Morgan fingerprint density at radius 2 is 1.67 bits per heavy atom. The molecule has 33 heavy (non-hydrogen) atoms. The number of carbonyl (C=O) groups excluding carboxylic acids is 3. The van der Waals surface area contributed by atoms with Crippen LogP contribution in [0.2, 0.25) is 0 Å². The molecule has 0 aliphatic heterocycles. The number of ether oxygens (including phenoxy) is 1. The number of hydrogen-bond acceptors (Lipinski definition) is 4. The second-order valence-corrected chi connectivity index (χ2v) is 8.74. The minimum absolute atomic E-state index is 0.419. The number of aryl methyl sites for hydroxylation is 2. The van der Waals surface area contributed by atoms with Crippen LogP contribution >= 0.6 is 0 Å². The third-order valence-corrected chi connectivity index (χ3v) is 5.04. The molecule has 1 unspecified atom stereocenters. The summed E-state index contributed by atoms with van der Waals surface area (Å²) >= 11 is 0. The first kappa shape index (κ1) is 25.5. The molecule has 3 amide bonds. The summed E-state index contributed by atoms with van der Waals surface area (Å²) in [6.07, 6.45) is 4.95. The highest BCUT2D eigenvalue weighted by atomic mass is 16.6. The lowest BCUT2D eigenvalue weighted by Gasteiger charge is -2.28. The molecule has 0 aromatic heterocycles. The molecule has 2 aromatic carbocycles. The number of nitrogens with one attached hydrogen (secondary N) is 2. The molecule has 1 atom stereocenters. The molecule has 0 saturated heterocycles. The number of nitrogens with zero attached hydrogens (tertiary/aromatic N) is 1. The van der Waals surface area contributed by atoms with Gasteiger partial charge in [-0.05, 0) is 69.9 Å². The van der Waals surface area contributed by atoms with Gasteiger partial charge in [-0.15, -0.1) is 0 Å². The molecule has 0 bridgehead atoms. The Morgan fingerprint density at radius 1 is 1.03 bits per heavy atom. The van der Waals surface area contributed by atoms with E-state index in [-0.39, 0.29) is 0 Å². The molecule has 174 valence electrons. The Hall–Kier alpha value is -3.79. The van der Waals surface area contributed by atoms with E-state index in [1.54, 1.807) is 32.9 Å². The van der Waals surface area contributed by atoms with Crippen LogP contribution in [0.1, 0.15) is 49.1 Å². The fraction of sp³-hybridized carbons (Fsp3) is 0.346. The van der Waals surface area contributed by atoms with Crippen LogP contribution in [-0.2, 0) is 14.3 Å². The molecule has 7 nitrogen and oxygen atoms in total. The number of amides is 3. The van der Waals surface area contributed by atoms with Crippen molar-refractivity contribution in [2.24, 2.45) is 0 Å². The van der Waals surface area contributed by atoms with Gasteiger partial charge >= 0.3 is 6.09 Å². The van der Waals surface area contributed by atoms with Crippen LogP contribution in [0, 0.1) is 33.2 Å². The van der Waals surface area contributed by atoms with E-state index in [1.165, 1.54) is 0 Å². The van der Waals surface area contributed by atoms with Crippen LogP contribution in [0.25, 0.3) is 0 Å². The maximum atomic E-state index is 13.4. The molecule has 0 saturated carbocycles. The summed E-state index contributed by atoms with van der Waals surface area (Å²) in [6, 6.07) is 14.1. The van der Waals surface area contributed by atoms with Crippen molar-refractivity contribution in [2.75, 3.05) is 11.9 Å². The van der Waals surface area contributed by atoms with Gasteiger partial charge < -0.3 is 15.4 Å². The zero-order valence-electron chi connectivity index (χ0n) is 20.0. The van der Waals surface area contributed by atoms with Crippen molar-refractivity contribution in [3.8, 4) is 12.5 Å². The standard InChI is InChI=1S/C26H31N3O4/c1-8-29(22(30)16-27-25(32)33-26(5,6)7)23(20-14-11-13-17(2)19(20)4)24(31)28-21-15-10-9-12-18(21)3/h1,9-15,23H,16H2,2-7H3,(H,27,32)(H,28,31). The first-order valence-electron chi connectivity index (χ1n) is 10.6. The molecular formula is C26H31N3O4. The maximum Gasteiger partial charge on any atom is 0.408 e. The lowest BCUT2D eigenvalue weighted by molar-refractivity contribution is -0.134. The van der Waals surface area contributed by atoms with Gasteiger partial charge in [0.2, 0.25) is 0 Å². The normalized spacial score (nSPS) is 11.7. The van der Waals surface area contributed by atoms with Gasteiger partial charge in [0.15, 0.2) is 0 Å². The van der Waals surface area contributed by atoms with E-state index in [4.69, 9.17) is 11.2 Å². The predicted octanol–water partition coefficient (Wildman–Crippen LogP) is 4.24. The highest BCUT2D eigenvalue weighted by Gasteiger charge is 2.32. The summed E-state index contributed by atoms with van der Waals surface area (Å²) in [5.74, 6) is -1.07. The average Bonchev–Trinajstić information content (AvgIpc) is 2.73. The Morgan fingerprint density at radius 3 is 2.27 bits per heavy atom. The van der Waals surface area contributed by atoms with Crippen molar-refractivity contribution in [3.05, 3.63) is 64.7 Å². The monoisotopic (exact) mass is 449 g/mol. The molecule has 7 heteroatoms. The molecule has 2 N–H and O–H groups in total. The summed E-state index contributed by atoms with van der Waals surface area (Å²) < 4.78 is 5.17.